The molecule has 2 aliphatic rings. The van der Waals surface area contributed by atoms with Crippen molar-refractivity contribution in [2.24, 2.45) is 11.8 Å². The Balaban J connectivity index is 1.99. The maximum atomic E-state index is 11.9. The summed E-state index contributed by atoms with van der Waals surface area (Å²) in [4.78, 5) is 10.8. The van der Waals surface area contributed by atoms with Gasteiger partial charge in [-0.05, 0) is 31.6 Å². The molecule has 2 rings (SSSR count). The van der Waals surface area contributed by atoms with Gasteiger partial charge in [0.1, 0.15) is 0 Å². The van der Waals surface area contributed by atoms with Crippen molar-refractivity contribution >= 4 is 16.0 Å². The number of hydrogen-bond acceptors (Lipinski definition) is 3. The summed E-state index contributed by atoms with van der Waals surface area (Å²) in [6.07, 6.45) is 3.23. The van der Waals surface area contributed by atoms with Crippen molar-refractivity contribution in [2.75, 3.05) is 18.8 Å². The first-order valence-corrected chi connectivity index (χ1v) is 7.30. The van der Waals surface area contributed by atoms with E-state index < -0.39 is 21.9 Å². The molecule has 2 fully saturated rings. The summed E-state index contributed by atoms with van der Waals surface area (Å²) in [6.45, 7) is 0.642. The average Bonchev–Trinajstić information content (AvgIpc) is 3.01. The molecule has 1 atom stereocenters. The van der Waals surface area contributed by atoms with E-state index in [4.69, 9.17) is 5.11 Å². The minimum Gasteiger partial charge on any atom is -0.481 e. The normalized spacial score (nSPS) is 27.9. The topological polar surface area (TPSA) is 74.7 Å². The summed E-state index contributed by atoms with van der Waals surface area (Å²) in [5.41, 5.74) is 0. The molecule has 16 heavy (non-hydrogen) atoms. The van der Waals surface area contributed by atoms with Gasteiger partial charge in [-0.25, -0.2) is 12.7 Å². The van der Waals surface area contributed by atoms with E-state index in [1.165, 1.54) is 4.31 Å². The highest BCUT2D eigenvalue weighted by Crippen LogP contribution is 2.32. The van der Waals surface area contributed by atoms with Crippen molar-refractivity contribution in [3.63, 3.8) is 0 Å². The summed E-state index contributed by atoms with van der Waals surface area (Å²) in [7, 11) is -3.22. The Morgan fingerprint density at radius 1 is 1.31 bits per heavy atom. The van der Waals surface area contributed by atoms with Gasteiger partial charge >= 0.3 is 5.97 Å². The Kier molecular flexibility index (Phi) is 3.21. The third-order valence-corrected chi connectivity index (χ3v) is 5.28. The van der Waals surface area contributed by atoms with Crippen molar-refractivity contribution in [1.29, 1.82) is 0 Å². The van der Waals surface area contributed by atoms with Gasteiger partial charge in [-0.3, -0.25) is 4.79 Å². The standard InChI is InChI=1S/C10H17NO4S/c12-10(13)9-2-1-5-11(6-9)16(14,15)7-8-3-4-8/h8-9H,1-7H2,(H,12,13). The van der Waals surface area contributed by atoms with E-state index in [1.807, 2.05) is 0 Å². The summed E-state index contributed by atoms with van der Waals surface area (Å²) in [5.74, 6) is -0.886. The lowest BCUT2D eigenvalue weighted by atomic mass is 10.0. The number of aliphatic carboxylic acids is 1. The highest BCUT2D eigenvalue weighted by molar-refractivity contribution is 7.89. The minimum atomic E-state index is -3.22. The second-order valence-electron chi connectivity index (χ2n) is 4.76. The number of carboxylic acid groups (broad SMARTS) is 1. The first-order chi connectivity index (χ1) is 7.49. The molecule has 0 radical (unpaired) electrons. The van der Waals surface area contributed by atoms with Gasteiger partial charge in [0.2, 0.25) is 10.0 Å². The molecular formula is C10H17NO4S. The zero-order valence-electron chi connectivity index (χ0n) is 9.13. The van der Waals surface area contributed by atoms with E-state index >= 15 is 0 Å². The summed E-state index contributed by atoms with van der Waals surface area (Å²) >= 11 is 0. The van der Waals surface area contributed by atoms with Crippen LogP contribution in [0.3, 0.4) is 0 Å². The van der Waals surface area contributed by atoms with E-state index in [2.05, 4.69) is 0 Å². The fourth-order valence-electron chi connectivity index (χ4n) is 2.08. The fourth-order valence-corrected chi connectivity index (χ4v) is 4.04. The first-order valence-electron chi connectivity index (χ1n) is 5.69. The van der Waals surface area contributed by atoms with E-state index in [0.717, 1.165) is 12.8 Å². The number of sulfonamides is 1. The quantitative estimate of drug-likeness (QED) is 0.786. The molecule has 1 aliphatic carbocycles. The second kappa shape index (κ2) is 4.33. The van der Waals surface area contributed by atoms with E-state index in [9.17, 15) is 13.2 Å². The molecule has 0 bridgehead atoms. The summed E-state index contributed by atoms with van der Waals surface area (Å²) in [6, 6.07) is 0. The molecule has 92 valence electrons. The molecule has 6 heteroatoms. The predicted octanol–water partition coefficient (Wildman–Crippen LogP) is 0.523. The number of rotatable bonds is 4. The molecular weight excluding hydrogens is 230 g/mol. The van der Waals surface area contributed by atoms with Crippen LogP contribution in [0, 0.1) is 11.8 Å². The third-order valence-electron chi connectivity index (χ3n) is 3.27. The van der Waals surface area contributed by atoms with Crippen molar-refractivity contribution in [3.05, 3.63) is 0 Å². The molecule has 0 aromatic rings. The SMILES string of the molecule is O=C(O)C1CCCN(S(=O)(=O)CC2CC2)C1. The molecule has 1 N–H and O–H groups in total. The van der Waals surface area contributed by atoms with Crippen LogP contribution in [0.4, 0.5) is 0 Å². The zero-order valence-corrected chi connectivity index (χ0v) is 9.95. The van der Waals surface area contributed by atoms with Crippen LogP contribution in [-0.2, 0) is 14.8 Å². The van der Waals surface area contributed by atoms with Gasteiger partial charge in [-0.1, -0.05) is 0 Å². The van der Waals surface area contributed by atoms with Crippen LogP contribution < -0.4 is 0 Å². The number of carboxylic acids is 1. The van der Waals surface area contributed by atoms with E-state index in [-0.39, 0.29) is 12.3 Å². The van der Waals surface area contributed by atoms with Crippen LogP contribution in [0.25, 0.3) is 0 Å². The summed E-state index contributed by atoms with van der Waals surface area (Å²) in [5, 5.41) is 8.89. The van der Waals surface area contributed by atoms with Crippen LogP contribution in [0.5, 0.6) is 0 Å². The van der Waals surface area contributed by atoms with Crippen LogP contribution in [0.15, 0.2) is 0 Å². The van der Waals surface area contributed by atoms with E-state index in [0.29, 0.717) is 25.3 Å². The van der Waals surface area contributed by atoms with Crippen LogP contribution in [0.2, 0.25) is 0 Å². The number of carbonyl (C=O) groups is 1. The van der Waals surface area contributed by atoms with Gasteiger partial charge in [0.25, 0.3) is 0 Å². The molecule has 1 unspecified atom stereocenters. The zero-order chi connectivity index (χ0) is 11.8. The van der Waals surface area contributed by atoms with Gasteiger partial charge in [0.15, 0.2) is 0 Å². The molecule has 1 saturated carbocycles. The maximum Gasteiger partial charge on any atom is 0.307 e. The van der Waals surface area contributed by atoms with Gasteiger partial charge in [-0.2, -0.15) is 0 Å². The Labute approximate surface area is 95.5 Å². The Morgan fingerprint density at radius 2 is 2.00 bits per heavy atom. The van der Waals surface area contributed by atoms with Crippen molar-refractivity contribution in [2.45, 2.75) is 25.7 Å². The van der Waals surface area contributed by atoms with Crippen LogP contribution >= 0.6 is 0 Å². The number of hydrogen-bond donors (Lipinski definition) is 1. The number of nitrogens with zero attached hydrogens (tertiary/aromatic N) is 1. The molecule has 0 aromatic heterocycles. The smallest absolute Gasteiger partial charge is 0.307 e. The summed E-state index contributed by atoms with van der Waals surface area (Å²) < 4.78 is 25.2. The highest BCUT2D eigenvalue weighted by Gasteiger charge is 2.36. The molecule has 0 aromatic carbocycles. The van der Waals surface area contributed by atoms with Gasteiger partial charge in [0, 0.05) is 13.1 Å². The highest BCUT2D eigenvalue weighted by atomic mass is 32.2. The fraction of sp³-hybridized carbons (Fsp3) is 0.900. The average molecular weight is 247 g/mol. The first kappa shape index (κ1) is 11.9. The lowest BCUT2D eigenvalue weighted by molar-refractivity contribution is -0.142. The monoisotopic (exact) mass is 247 g/mol. The Morgan fingerprint density at radius 3 is 2.56 bits per heavy atom. The Bertz CT molecular complexity index is 374. The van der Waals surface area contributed by atoms with Crippen molar-refractivity contribution < 1.29 is 18.3 Å². The van der Waals surface area contributed by atoms with Gasteiger partial charge < -0.3 is 5.11 Å². The lowest BCUT2D eigenvalue weighted by Gasteiger charge is -2.29. The molecule has 1 heterocycles. The van der Waals surface area contributed by atoms with Gasteiger partial charge in [-0.15, -0.1) is 0 Å². The lowest BCUT2D eigenvalue weighted by Crippen LogP contribution is -2.43. The minimum absolute atomic E-state index is 0.157. The molecule has 0 amide bonds. The second-order valence-corrected chi connectivity index (χ2v) is 6.77. The molecule has 5 nitrogen and oxygen atoms in total. The number of piperidine rings is 1. The largest absolute Gasteiger partial charge is 0.481 e. The molecule has 1 saturated heterocycles. The predicted molar refractivity (Wildman–Crippen MR) is 58.4 cm³/mol. The van der Waals surface area contributed by atoms with Crippen molar-refractivity contribution in [3.8, 4) is 0 Å². The van der Waals surface area contributed by atoms with Crippen LogP contribution in [-0.4, -0.2) is 42.6 Å². The van der Waals surface area contributed by atoms with Gasteiger partial charge in [0.05, 0.1) is 11.7 Å². The van der Waals surface area contributed by atoms with Crippen molar-refractivity contribution in [1.82, 2.24) is 4.31 Å². The molecule has 0 spiro atoms. The molecule has 1 aliphatic heterocycles. The third kappa shape index (κ3) is 2.74. The Hall–Kier alpha value is -0.620. The maximum absolute atomic E-state index is 11.9. The van der Waals surface area contributed by atoms with Crippen LogP contribution in [0.1, 0.15) is 25.7 Å². The van der Waals surface area contributed by atoms with E-state index in [1.54, 1.807) is 0 Å².